The highest BCUT2D eigenvalue weighted by Gasteiger charge is 2.29. The van der Waals surface area contributed by atoms with Crippen LogP contribution in [-0.2, 0) is 18.3 Å². The number of halogens is 2. The first kappa shape index (κ1) is 21.2. The molecule has 2 heterocycles. The smallest absolute Gasteiger partial charge is 0.227 e. The molecule has 1 aromatic heterocycles. The van der Waals surface area contributed by atoms with Crippen molar-refractivity contribution in [3.8, 4) is 0 Å². The molecule has 1 aliphatic rings. The van der Waals surface area contributed by atoms with Crippen molar-refractivity contribution in [3.63, 3.8) is 0 Å². The largest absolute Gasteiger partial charge is 0.338 e. The molecule has 0 spiro atoms. The molecule has 1 saturated heterocycles. The summed E-state index contributed by atoms with van der Waals surface area (Å²) in [6.45, 7) is 6.82. The maximum absolute atomic E-state index is 12.6. The molecule has 1 amide bonds. The Morgan fingerprint density at radius 1 is 1.36 bits per heavy atom. The van der Waals surface area contributed by atoms with Gasteiger partial charge in [0, 0.05) is 36.9 Å². The van der Waals surface area contributed by atoms with Crippen molar-refractivity contribution in [2.24, 2.45) is 12.8 Å². The minimum Gasteiger partial charge on any atom is -0.338 e. The molecule has 2 rings (SSSR count). The van der Waals surface area contributed by atoms with E-state index in [9.17, 15) is 4.79 Å². The average molecular weight is 351 g/mol. The number of aryl methyl sites for hydroxylation is 2. The highest BCUT2D eigenvalue weighted by Crippen LogP contribution is 2.21. The molecule has 1 fully saturated rings. The zero-order valence-electron chi connectivity index (χ0n) is 13.8. The van der Waals surface area contributed by atoms with E-state index in [0.717, 1.165) is 36.3 Å². The lowest BCUT2D eigenvalue weighted by atomic mass is 9.96. The zero-order valence-corrected chi connectivity index (χ0v) is 15.5. The summed E-state index contributed by atoms with van der Waals surface area (Å²) in [4.78, 5) is 14.6. The number of aromatic nitrogens is 2. The molecule has 2 atom stereocenters. The van der Waals surface area contributed by atoms with E-state index in [-0.39, 0.29) is 42.8 Å². The molecule has 22 heavy (non-hydrogen) atoms. The first-order chi connectivity index (χ1) is 9.41. The van der Waals surface area contributed by atoms with Crippen LogP contribution in [0.4, 0.5) is 0 Å². The molecule has 2 N–H and O–H groups in total. The lowest BCUT2D eigenvalue weighted by Gasteiger charge is -2.38. The third-order valence-corrected chi connectivity index (χ3v) is 4.46. The van der Waals surface area contributed by atoms with Crippen LogP contribution in [0.3, 0.4) is 0 Å². The number of carbonyl (C=O) groups excluding carboxylic acids is 1. The predicted octanol–water partition coefficient (Wildman–Crippen LogP) is 2.15. The van der Waals surface area contributed by atoms with Crippen LogP contribution in [0.2, 0.25) is 0 Å². The van der Waals surface area contributed by atoms with Gasteiger partial charge in [-0.15, -0.1) is 24.8 Å². The van der Waals surface area contributed by atoms with Crippen LogP contribution in [0.5, 0.6) is 0 Å². The minimum absolute atomic E-state index is 0. The fraction of sp³-hybridized carbons (Fsp3) is 0.733. The summed E-state index contributed by atoms with van der Waals surface area (Å²) in [5.41, 5.74) is 9.13. The van der Waals surface area contributed by atoms with Gasteiger partial charge in [-0.25, -0.2) is 0 Å². The fourth-order valence-electron chi connectivity index (χ4n) is 3.14. The van der Waals surface area contributed by atoms with Crippen molar-refractivity contribution in [2.45, 2.75) is 58.5 Å². The quantitative estimate of drug-likeness (QED) is 0.908. The van der Waals surface area contributed by atoms with Crippen LogP contribution < -0.4 is 5.73 Å². The van der Waals surface area contributed by atoms with Gasteiger partial charge in [0.15, 0.2) is 0 Å². The molecule has 2 unspecified atom stereocenters. The van der Waals surface area contributed by atoms with Crippen LogP contribution in [-0.4, -0.2) is 39.2 Å². The SMILES string of the molecule is Cc1nn(C)c(C)c1CC(=O)N1CCCCC1C(C)N.Cl.Cl. The van der Waals surface area contributed by atoms with Crippen LogP contribution in [0.15, 0.2) is 0 Å². The van der Waals surface area contributed by atoms with E-state index in [4.69, 9.17) is 5.73 Å². The van der Waals surface area contributed by atoms with Crippen molar-refractivity contribution >= 4 is 30.7 Å². The maximum Gasteiger partial charge on any atom is 0.227 e. The van der Waals surface area contributed by atoms with Crippen LogP contribution >= 0.6 is 24.8 Å². The Morgan fingerprint density at radius 2 is 2.00 bits per heavy atom. The van der Waals surface area contributed by atoms with Gasteiger partial charge in [-0.05, 0) is 40.0 Å². The second-order valence-electron chi connectivity index (χ2n) is 5.96. The third-order valence-electron chi connectivity index (χ3n) is 4.46. The Hall–Kier alpha value is -0.780. The summed E-state index contributed by atoms with van der Waals surface area (Å²) < 4.78 is 1.84. The molecule has 0 radical (unpaired) electrons. The van der Waals surface area contributed by atoms with E-state index in [1.54, 1.807) is 0 Å². The number of likely N-dealkylation sites (tertiary alicyclic amines) is 1. The van der Waals surface area contributed by atoms with Crippen molar-refractivity contribution in [1.29, 1.82) is 0 Å². The maximum atomic E-state index is 12.6. The first-order valence-corrected chi connectivity index (χ1v) is 7.46. The predicted molar refractivity (Wildman–Crippen MR) is 93.9 cm³/mol. The van der Waals surface area contributed by atoms with E-state index in [0.29, 0.717) is 6.42 Å². The van der Waals surface area contributed by atoms with Crippen molar-refractivity contribution in [3.05, 3.63) is 17.0 Å². The molecule has 7 heteroatoms. The van der Waals surface area contributed by atoms with Gasteiger partial charge in [0.25, 0.3) is 0 Å². The summed E-state index contributed by atoms with van der Waals surface area (Å²) in [5.74, 6) is 0.186. The van der Waals surface area contributed by atoms with E-state index < -0.39 is 0 Å². The van der Waals surface area contributed by atoms with E-state index >= 15 is 0 Å². The number of hydrogen-bond acceptors (Lipinski definition) is 3. The Kier molecular flexibility index (Phi) is 8.44. The molecular formula is C15H28Cl2N4O. The zero-order chi connectivity index (χ0) is 14.9. The Bertz CT molecular complexity index is 502. The minimum atomic E-state index is 0. The number of piperidine rings is 1. The van der Waals surface area contributed by atoms with Gasteiger partial charge in [-0.3, -0.25) is 9.48 Å². The number of hydrogen-bond donors (Lipinski definition) is 1. The number of carbonyl (C=O) groups is 1. The molecule has 128 valence electrons. The second-order valence-corrected chi connectivity index (χ2v) is 5.96. The highest BCUT2D eigenvalue weighted by atomic mass is 35.5. The van der Waals surface area contributed by atoms with Gasteiger partial charge >= 0.3 is 0 Å². The molecule has 0 bridgehead atoms. The summed E-state index contributed by atoms with van der Waals surface area (Å²) in [5, 5.41) is 4.38. The standard InChI is InChI=1S/C15H26N4O.2ClH/c1-10(16)14-7-5-6-8-19(14)15(20)9-13-11(2)17-18(4)12(13)3;;/h10,14H,5-9,16H2,1-4H3;2*1H. The summed E-state index contributed by atoms with van der Waals surface area (Å²) in [7, 11) is 1.92. The second kappa shape index (κ2) is 8.75. The van der Waals surface area contributed by atoms with Crippen molar-refractivity contribution < 1.29 is 4.79 Å². The Balaban J connectivity index is 0.00000220. The fourth-order valence-corrected chi connectivity index (χ4v) is 3.14. The van der Waals surface area contributed by atoms with Gasteiger partial charge in [0.2, 0.25) is 5.91 Å². The van der Waals surface area contributed by atoms with Crippen LogP contribution in [0.25, 0.3) is 0 Å². The first-order valence-electron chi connectivity index (χ1n) is 7.46. The third kappa shape index (κ3) is 4.37. The Labute approximate surface area is 145 Å². The van der Waals surface area contributed by atoms with Crippen LogP contribution in [0, 0.1) is 13.8 Å². The van der Waals surface area contributed by atoms with Gasteiger partial charge < -0.3 is 10.6 Å². The number of rotatable bonds is 3. The van der Waals surface area contributed by atoms with Crippen molar-refractivity contribution in [2.75, 3.05) is 6.54 Å². The lowest BCUT2D eigenvalue weighted by Crippen LogP contribution is -2.52. The summed E-state index contributed by atoms with van der Waals surface area (Å²) in [6.07, 6.45) is 3.71. The summed E-state index contributed by atoms with van der Waals surface area (Å²) in [6, 6.07) is 0.226. The topological polar surface area (TPSA) is 64.2 Å². The normalized spacial score (nSPS) is 19.1. The van der Waals surface area contributed by atoms with Gasteiger partial charge in [-0.2, -0.15) is 5.10 Å². The lowest BCUT2D eigenvalue weighted by molar-refractivity contribution is -0.134. The molecular weight excluding hydrogens is 323 g/mol. The number of nitrogens with zero attached hydrogens (tertiary/aromatic N) is 3. The monoisotopic (exact) mass is 350 g/mol. The number of nitrogens with two attached hydrogens (primary N) is 1. The molecule has 5 nitrogen and oxygen atoms in total. The molecule has 1 aliphatic heterocycles. The van der Waals surface area contributed by atoms with E-state index in [1.807, 2.05) is 37.4 Å². The molecule has 0 aliphatic carbocycles. The van der Waals surface area contributed by atoms with E-state index in [1.165, 1.54) is 6.42 Å². The summed E-state index contributed by atoms with van der Waals surface area (Å²) >= 11 is 0. The Morgan fingerprint density at radius 3 is 2.50 bits per heavy atom. The van der Waals surface area contributed by atoms with E-state index in [2.05, 4.69) is 5.10 Å². The average Bonchev–Trinajstić information content (AvgIpc) is 2.65. The highest BCUT2D eigenvalue weighted by molar-refractivity contribution is 5.85. The van der Waals surface area contributed by atoms with Gasteiger partial charge in [0.05, 0.1) is 12.1 Å². The molecule has 0 aromatic carbocycles. The van der Waals surface area contributed by atoms with Crippen molar-refractivity contribution in [1.82, 2.24) is 14.7 Å². The van der Waals surface area contributed by atoms with Gasteiger partial charge in [0.1, 0.15) is 0 Å². The van der Waals surface area contributed by atoms with Gasteiger partial charge in [-0.1, -0.05) is 0 Å². The van der Waals surface area contributed by atoms with Crippen LogP contribution in [0.1, 0.15) is 43.1 Å². The molecule has 1 aromatic rings. The number of amides is 1. The molecule has 0 saturated carbocycles.